The first kappa shape index (κ1) is 30.1. The van der Waals surface area contributed by atoms with Crippen LogP contribution in [0, 0.1) is 18.6 Å². The Bertz CT molecular complexity index is 1670. The van der Waals surface area contributed by atoms with Gasteiger partial charge in [0.2, 0.25) is 5.88 Å². The lowest BCUT2D eigenvalue weighted by Gasteiger charge is -2.38. The standard InChI is InChI=1S/C30H33F6N7O2/c1-14-8-18(37)22(32)20(17(14)10-30(34,35)36)24-23(33)25-21-26(43-7-5-38-11-19(43)15(2)45-27(21)39-24)41-28(40-25)44-13-29-4-3-6-42(29)12-16(31)9-29/h8,15-16,19,38H,3-7,9-13,37H2,1-2H3/t15-,16+,19-,29-/m0/s1. The van der Waals surface area contributed by atoms with E-state index in [-0.39, 0.29) is 46.8 Å². The Morgan fingerprint density at radius 2 is 1.98 bits per heavy atom. The molecule has 9 nitrogen and oxygen atoms in total. The molecule has 3 saturated heterocycles. The molecule has 7 rings (SSSR count). The summed E-state index contributed by atoms with van der Waals surface area (Å²) in [6.45, 7) is 5.83. The van der Waals surface area contributed by atoms with E-state index in [4.69, 9.17) is 15.2 Å². The Hall–Kier alpha value is -3.59. The highest BCUT2D eigenvalue weighted by atomic mass is 19.4. The third-order valence-electron chi connectivity index (χ3n) is 9.57. The van der Waals surface area contributed by atoms with Crippen molar-refractivity contribution in [2.45, 2.75) is 69.6 Å². The van der Waals surface area contributed by atoms with Crippen molar-refractivity contribution in [1.82, 2.24) is 25.2 Å². The van der Waals surface area contributed by atoms with Crippen LogP contribution in [-0.4, -0.2) is 89.2 Å². The highest BCUT2D eigenvalue weighted by Crippen LogP contribution is 2.45. The summed E-state index contributed by atoms with van der Waals surface area (Å²) in [5, 5.41) is 3.40. The Balaban J connectivity index is 1.43. The van der Waals surface area contributed by atoms with Gasteiger partial charge in [0, 0.05) is 38.2 Å². The van der Waals surface area contributed by atoms with Crippen molar-refractivity contribution < 1.29 is 35.8 Å². The van der Waals surface area contributed by atoms with E-state index < -0.39 is 64.6 Å². The summed E-state index contributed by atoms with van der Waals surface area (Å²) in [5.74, 6) is -2.24. The monoisotopic (exact) mass is 637 g/mol. The average molecular weight is 638 g/mol. The Kier molecular flexibility index (Phi) is 7.19. The molecular weight excluding hydrogens is 604 g/mol. The first-order valence-electron chi connectivity index (χ1n) is 15.1. The number of benzene rings is 1. The van der Waals surface area contributed by atoms with E-state index in [2.05, 4.69) is 25.2 Å². The zero-order valence-electron chi connectivity index (χ0n) is 24.8. The number of halogens is 6. The van der Waals surface area contributed by atoms with Crippen molar-refractivity contribution in [1.29, 1.82) is 0 Å². The number of nitrogens with two attached hydrogens (primary N) is 1. The number of aromatic nitrogens is 3. The number of piperazine rings is 1. The lowest BCUT2D eigenvalue weighted by Crippen LogP contribution is -2.56. The maximum atomic E-state index is 16.7. The Labute approximate surface area is 255 Å². The summed E-state index contributed by atoms with van der Waals surface area (Å²) in [4.78, 5) is 17.4. The molecule has 45 heavy (non-hydrogen) atoms. The molecule has 15 heteroatoms. The summed E-state index contributed by atoms with van der Waals surface area (Å²) < 4.78 is 100. The normalized spacial score (nSPS) is 26.5. The second-order valence-electron chi connectivity index (χ2n) is 12.5. The minimum Gasteiger partial charge on any atom is -0.472 e. The fraction of sp³-hybridized carbons (Fsp3) is 0.567. The number of fused-ring (bicyclic) bond motifs is 3. The molecule has 4 aliphatic rings. The molecule has 0 spiro atoms. The van der Waals surface area contributed by atoms with Gasteiger partial charge in [-0.15, -0.1) is 0 Å². The molecule has 4 aliphatic heterocycles. The number of hydrogen-bond donors (Lipinski definition) is 2. The van der Waals surface area contributed by atoms with Gasteiger partial charge in [0.05, 0.1) is 23.7 Å². The summed E-state index contributed by atoms with van der Waals surface area (Å²) in [6.07, 6.45) is -5.88. The van der Waals surface area contributed by atoms with E-state index in [9.17, 15) is 17.6 Å². The van der Waals surface area contributed by atoms with Crippen molar-refractivity contribution in [3.8, 4) is 23.1 Å². The first-order chi connectivity index (χ1) is 21.3. The molecule has 0 bridgehead atoms. The molecule has 0 unspecified atom stereocenters. The van der Waals surface area contributed by atoms with Crippen LogP contribution in [0.3, 0.4) is 0 Å². The van der Waals surface area contributed by atoms with Crippen LogP contribution in [0.2, 0.25) is 0 Å². The Morgan fingerprint density at radius 1 is 1.18 bits per heavy atom. The molecule has 3 N–H and O–H groups in total. The number of rotatable bonds is 5. The lowest BCUT2D eigenvalue weighted by atomic mass is 9.94. The van der Waals surface area contributed by atoms with Crippen molar-refractivity contribution in [2.75, 3.05) is 50.0 Å². The number of hydrogen-bond acceptors (Lipinski definition) is 9. The van der Waals surface area contributed by atoms with E-state index >= 15 is 8.78 Å². The van der Waals surface area contributed by atoms with E-state index in [1.165, 1.54) is 6.92 Å². The van der Waals surface area contributed by atoms with E-state index in [1.54, 1.807) is 6.92 Å². The minimum atomic E-state index is -4.73. The Morgan fingerprint density at radius 3 is 2.76 bits per heavy atom. The maximum absolute atomic E-state index is 16.7. The van der Waals surface area contributed by atoms with Gasteiger partial charge in [-0.2, -0.15) is 23.1 Å². The fourth-order valence-electron chi connectivity index (χ4n) is 7.47. The molecule has 2 aromatic heterocycles. The van der Waals surface area contributed by atoms with E-state index in [0.717, 1.165) is 25.5 Å². The molecule has 0 aliphatic carbocycles. The molecule has 242 valence electrons. The van der Waals surface area contributed by atoms with Gasteiger partial charge < -0.3 is 25.4 Å². The van der Waals surface area contributed by atoms with Crippen LogP contribution >= 0.6 is 0 Å². The minimum absolute atomic E-state index is 0.0291. The maximum Gasteiger partial charge on any atom is 0.393 e. The zero-order valence-corrected chi connectivity index (χ0v) is 24.8. The number of nitrogens with zero attached hydrogens (tertiary/aromatic N) is 5. The van der Waals surface area contributed by atoms with Crippen LogP contribution in [0.1, 0.15) is 37.3 Å². The number of nitrogen functional groups attached to an aromatic ring is 1. The van der Waals surface area contributed by atoms with Gasteiger partial charge in [-0.25, -0.2) is 18.2 Å². The number of aryl methyl sites for hydroxylation is 1. The molecule has 1 aromatic carbocycles. The predicted molar refractivity (Wildman–Crippen MR) is 154 cm³/mol. The highest BCUT2D eigenvalue weighted by Gasteiger charge is 2.49. The fourth-order valence-corrected chi connectivity index (χ4v) is 7.47. The number of alkyl halides is 4. The molecule has 3 aromatic rings. The number of ether oxygens (including phenoxy) is 2. The predicted octanol–water partition coefficient (Wildman–Crippen LogP) is 4.48. The highest BCUT2D eigenvalue weighted by molar-refractivity contribution is 5.97. The van der Waals surface area contributed by atoms with Gasteiger partial charge in [-0.05, 0) is 50.4 Å². The van der Waals surface area contributed by atoms with Gasteiger partial charge in [-0.3, -0.25) is 4.90 Å². The van der Waals surface area contributed by atoms with Gasteiger partial charge >= 0.3 is 12.2 Å². The van der Waals surface area contributed by atoms with E-state index in [0.29, 0.717) is 32.6 Å². The van der Waals surface area contributed by atoms with Crippen LogP contribution < -0.4 is 25.4 Å². The molecule has 4 atom stereocenters. The number of nitrogens with one attached hydrogen (secondary N) is 1. The third-order valence-corrected chi connectivity index (χ3v) is 9.57. The summed E-state index contributed by atoms with van der Waals surface area (Å²) in [7, 11) is 0. The van der Waals surface area contributed by atoms with Crippen LogP contribution in [-0.2, 0) is 6.42 Å². The van der Waals surface area contributed by atoms with Crippen LogP contribution in [0.15, 0.2) is 6.07 Å². The largest absolute Gasteiger partial charge is 0.472 e. The first-order valence-corrected chi connectivity index (χ1v) is 15.1. The average Bonchev–Trinajstić information content (AvgIpc) is 3.47. The van der Waals surface area contributed by atoms with E-state index in [1.807, 2.05) is 4.90 Å². The van der Waals surface area contributed by atoms with Crippen molar-refractivity contribution in [2.24, 2.45) is 0 Å². The van der Waals surface area contributed by atoms with Crippen LogP contribution in [0.4, 0.5) is 37.8 Å². The molecule has 6 heterocycles. The molecular formula is C30H33F6N7O2. The van der Waals surface area contributed by atoms with Crippen molar-refractivity contribution in [3.05, 3.63) is 28.8 Å². The van der Waals surface area contributed by atoms with Gasteiger partial charge in [0.15, 0.2) is 11.6 Å². The third kappa shape index (κ3) is 5.07. The second-order valence-corrected chi connectivity index (χ2v) is 12.5. The number of anilines is 2. The lowest BCUT2D eigenvalue weighted by molar-refractivity contribution is -0.127. The van der Waals surface area contributed by atoms with Gasteiger partial charge in [-0.1, -0.05) is 0 Å². The van der Waals surface area contributed by atoms with Crippen molar-refractivity contribution >= 4 is 22.4 Å². The molecule has 0 amide bonds. The SMILES string of the molecule is Cc1cc(N)c(F)c(-c2nc3c4c(nc(OC[C@@]56CCCN5C[C@H](F)C6)nc4c2F)N2CCNC[C@H]2[C@H](C)O3)c1CC(F)(F)F. The molecule has 0 radical (unpaired) electrons. The smallest absolute Gasteiger partial charge is 0.393 e. The van der Waals surface area contributed by atoms with Gasteiger partial charge in [0.25, 0.3) is 0 Å². The van der Waals surface area contributed by atoms with Crippen LogP contribution in [0.25, 0.3) is 22.2 Å². The van der Waals surface area contributed by atoms with Gasteiger partial charge in [0.1, 0.15) is 41.3 Å². The van der Waals surface area contributed by atoms with Crippen LogP contribution in [0.5, 0.6) is 11.9 Å². The molecule has 3 fully saturated rings. The summed E-state index contributed by atoms with van der Waals surface area (Å²) in [5.41, 5.74) is 2.63. The topological polar surface area (TPSA) is 102 Å². The summed E-state index contributed by atoms with van der Waals surface area (Å²) in [6, 6.07) is 0.624. The van der Waals surface area contributed by atoms with Crippen molar-refractivity contribution in [3.63, 3.8) is 0 Å². The molecule has 0 saturated carbocycles. The second kappa shape index (κ2) is 10.7. The number of pyridine rings is 1. The summed E-state index contributed by atoms with van der Waals surface area (Å²) >= 11 is 0. The quantitative estimate of drug-likeness (QED) is 0.310. The zero-order chi connectivity index (χ0) is 31.8.